The molecule has 0 bridgehead atoms. The molecule has 6 heteroatoms. The highest BCUT2D eigenvalue weighted by molar-refractivity contribution is 6.03. The van der Waals surface area contributed by atoms with Crippen molar-refractivity contribution in [2.45, 2.75) is 32.6 Å². The summed E-state index contributed by atoms with van der Waals surface area (Å²) < 4.78 is 20.4. The molecule has 0 saturated carbocycles. The predicted molar refractivity (Wildman–Crippen MR) is 99.2 cm³/mol. The van der Waals surface area contributed by atoms with E-state index in [1.807, 2.05) is 12.1 Å². The van der Waals surface area contributed by atoms with E-state index in [9.17, 15) is 9.18 Å². The maximum atomic E-state index is 13.2. The van der Waals surface area contributed by atoms with Crippen LogP contribution in [-0.2, 0) is 0 Å². The Labute approximate surface area is 151 Å². The number of carbonyl (C=O) groups is 1. The van der Waals surface area contributed by atoms with Crippen LogP contribution in [0.2, 0.25) is 0 Å². The van der Waals surface area contributed by atoms with Gasteiger partial charge in [-0.1, -0.05) is 26.2 Å². The molecule has 0 radical (unpaired) electrons. The van der Waals surface area contributed by atoms with E-state index >= 15 is 0 Å². The predicted octanol–water partition coefficient (Wildman–Crippen LogP) is 4.68. The first-order valence-corrected chi connectivity index (χ1v) is 8.84. The monoisotopic (exact) mass is 355 g/mol. The van der Waals surface area contributed by atoms with Gasteiger partial charge in [-0.3, -0.25) is 4.79 Å². The van der Waals surface area contributed by atoms with E-state index in [0.717, 1.165) is 12.2 Å². The molecule has 1 aromatic carbocycles. The molecule has 1 N–H and O–H groups in total. The maximum Gasteiger partial charge on any atom is 0.275 e. The van der Waals surface area contributed by atoms with Gasteiger partial charge in [-0.15, -0.1) is 0 Å². The van der Waals surface area contributed by atoms with Crippen LogP contribution in [-0.4, -0.2) is 21.9 Å². The van der Waals surface area contributed by atoms with Crippen LogP contribution in [0.1, 0.15) is 43.1 Å². The Hall–Kier alpha value is -2.89. The summed E-state index contributed by atoms with van der Waals surface area (Å²) in [6.45, 7) is 2.88. The number of nitrogens with one attached hydrogen (secondary N) is 1. The molecule has 0 spiro atoms. The number of ether oxygens (including phenoxy) is 1. The first-order chi connectivity index (χ1) is 12.7. The number of rotatable bonds is 8. The molecule has 0 aliphatic rings. The summed E-state index contributed by atoms with van der Waals surface area (Å²) in [5.41, 5.74) is 1.40. The summed E-state index contributed by atoms with van der Waals surface area (Å²) in [6.07, 6.45) is 7.43. The van der Waals surface area contributed by atoms with E-state index in [2.05, 4.69) is 17.2 Å². The SMILES string of the molecule is CCCCCCOc1ccc(NC(=O)c2cn3cc(F)ccc3n2)cc1. The van der Waals surface area contributed by atoms with Gasteiger partial charge in [0.15, 0.2) is 0 Å². The molecule has 3 aromatic rings. The number of amides is 1. The average molecular weight is 355 g/mol. The first kappa shape index (κ1) is 17.9. The number of pyridine rings is 1. The summed E-state index contributed by atoms with van der Waals surface area (Å²) in [6, 6.07) is 10.1. The number of hydrogen-bond donors (Lipinski definition) is 1. The standard InChI is InChI=1S/C20H22FN3O2/c1-2-3-4-5-12-26-17-9-7-16(8-10-17)22-20(25)18-14-24-13-15(21)6-11-19(24)23-18/h6-11,13-14H,2-5,12H2,1H3,(H,22,25). The van der Waals surface area contributed by atoms with Gasteiger partial charge < -0.3 is 14.5 Å². The smallest absolute Gasteiger partial charge is 0.275 e. The van der Waals surface area contributed by atoms with Crippen molar-refractivity contribution in [1.29, 1.82) is 0 Å². The van der Waals surface area contributed by atoms with Crippen LogP contribution in [0.3, 0.4) is 0 Å². The van der Waals surface area contributed by atoms with Gasteiger partial charge in [0, 0.05) is 18.1 Å². The van der Waals surface area contributed by atoms with E-state index in [0.29, 0.717) is 17.9 Å². The van der Waals surface area contributed by atoms with E-state index in [1.54, 1.807) is 12.1 Å². The second-order valence-electron chi connectivity index (χ2n) is 6.13. The molecule has 3 rings (SSSR count). The summed E-state index contributed by atoms with van der Waals surface area (Å²) in [5, 5.41) is 2.78. The zero-order valence-electron chi connectivity index (χ0n) is 14.7. The Bertz CT molecular complexity index is 874. The number of nitrogens with zero attached hydrogens (tertiary/aromatic N) is 2. The van der Waals surface area contributed by atoms with Crippen molar-refractivity contribution in [3.05, 3.63) is 60.3 Å². The van der Waals surface area contributed by atoms with Crippen molar-refractivity contribution in [2.75, 3.05) is 11.9 Å². The second-order valence-corrected chi connectivity index (χ2v) is 6.13. The fourth-order valence-electron chi connectivity index (χ4n) is 2.62. The fourth-order valence-corrected chi connectivity index (χ4v) is 2.62. The lowest BCUT2D eigenvalue weighted by atomic mass is 10.2. The number of hydrogen-bond acceptors (Lipinski definition) is 3. The minimum absolute atomic E-state index is 0.229. The largest absolute Gasteiger partial charge is 0.494 e. The summed E-state index contributed by atoms with van der Waals surface area (Å²) >= 11 is 0. The molecule has 2 aromatic heterocycles. The zero-order valence-corrected chi connectivity index (χ0v) is 14.7. The molecular weight excluding hydrogens is 333 g/mol. The molecule has 0 aliphatic heterocycles. The maximum absolute atomic E-state index is 13.2. The van der Waals surface area contributed by atoms with Gasteiger partial charge in [0.05, 0.1) is 6.61 Å². The van der Waals surface area contributed by atoms with Crippen LogP contribution >= 0.6 is 0 Å². The Morgan fingerprint density at radius 2 is 1.92 bits per heavy atom. The van der Waals surface area contributed by atoms with Crippen molar-refractivity contribution in [1.82, 2.24) is 9.38 Å². The highest BCUT2D eigenvalue weighted by Crippen LogP contribution is 2.17. The minimum atomic E-state index is -0.382. The fraction of sp³-hybridized carbons (Fsp3) is 0.300. The van der Waals surface area contributed by atoms with E-state index in [4.69, 9.17) is 4.74 Å². The van der Waals surface area contributed by atoms with Gasteiger partial charge in [-0.2, -0.15) is 0 Å². The van der Waals surface area contributed by atoms with Crippen LogP contribution in [0, 0.1) is 5.82 Å². The molecule has 0 saturated heterocycles. The van der Waals surface area contributed by atoms with Gasteiger partial charge in [0.1, 0.15) is 22.9 Å². The Morgan fingerprint density at radius 3 is 2.69 bits per heavy atom. The molecule has 0 fully saturated rings. The van der Waals surface area contributed by atoms with Crippen molar-refractivity contribution in [3.8, 4) is 5.75 Å². The topological polar surface area (TPSA) is 55.6 Å². The summed E-state index contributed by atoms with van der Waals surface area (Å²) in [5.74, 6) is 0.0529. The van der Waals surface area contributed by atoms with Crippen LogP contribution in [0.15, 0.2) is 48.8 Å². The molecule has 2 heterocycles. The number of halogens is 1. The lowest BCUT2D eigenvalue weighted by molar-refractivity contribution is 0.102. The molecular formula is C20H22FN3O2. The third-order valence-corrected chi connectivity index (χ3v) is 4.03. The first-order valence-electron chi connectivity index (χ1n) is 8.84. The molecule has 1 amide bonds. The molecule has 26 heavy (non-hydrogen) atoms. The highest BCUT2D eigenvalue weighted by atomic mass is 19.1. The van der Waals surface area contributed by atoms with Crippen LogP contribution in [0.4, 0.5) is 10.1 Å². The zero-order chi connectivity index (χ0) is 18.4. The van der Waals surface area contributed by atoms with Crippen molar-refractivity contribution < 1.29 is 13.9 Å². The number of unbranched alkanes of at least 4 members (excludes halogenated alkanes) is 3. The number of imidazole rings is 1. The van der Waals surface area contributed by atoms with Crippen molar-refractivity contribution in [2.24, 2.45) is 0 Å². The lowest BCUT2D eigenvalue weighted by Gasteiger charge is -2.07. The van der Waals surface area contributed by atoms with Gasteiger partial charge >= 0.3 is 0 Å². The number of fused-ring (bicyclic) bond motifs is 1. The van der Waals surface area contributed by atoms with Gasteiger partial charge in [-0.25, -0.2) is 9.37 Å². The Kier molecular flexibility index (Phi) is 5.84. The van der Waals surface area contributed by atoms with Gasteiger partial charge in [0.25, 0.3) is 5.91 Å². The third kappa shape index (κ3) is 4.59. The molecule has 136 valence electrons. The van der Waals surface area contributed by atoms with Gasteiger partial charge in [-0.05, 0) is 42.8 Å². The van der Waals surface area contributed by atoms with Crippen LogP contribution in [0.25, 0.3) is 5.65 Å². The molecule has 5 nitrogen and oxygen atoms in total. The number of anilines is 1. The van der Waals surface area contributed by atoms with E-state index < -0.39 is 0 Å². The van der Waals surface area contributed by atoms with Crippen molar-refractivity contribution in [3.63, 3.8) is 0 Å². The normalized spacial score (nSPS) is 10.8. The van der Waals surface area contributed by atoms with E-state index in [1.165, 1.54) is 48.2 Å². The Morgan fingerprint density at radius 1 is 1.12 bits per heavy atom. The number of carbonyl (C=O) groups excluding carboxylic acids is 1. The third-order valence-electron chi connectivity index (χ3n) is 4.03. The highest BCUT2D eigenvalue weighted by Gasteiger charge is 2.11. The summed E-state index contributed by atoms with van der Waals surface area (Å²) in [4.78, 5) is 16.5. The number of benzene rings is 1. The molecule has 0 aliphatic carbocycles. The van der Waals surface area contributed by atoms with Crippen molar-refractivity contribution >= 4 is 17.2 Å². The minimum Gasteiger partial charge on any atom is -0.494 e. The second kappa shape index (κ2) is 8.47. The average Bonchev–Trinajstić information content (AvgIpc) is 3.06. The summed E-state index contributed by atoms with van der Waals surface area (Å²) in [7, 11) is 0. The lowest BCUT2D eigenvalue weighted by Crippen LogP contribution is -2.12. The van der Waals surface area contributed by atoms with Crippen LogP contribution < -0.4 is 10.1 Å². The Balaban J connectivity index is 1.56. The quantitative estimate of drug-likeness (QED) is 0.597. The van der Waals surface area contributed by atoms with Gasteiger partial charge in [0.2, 0.25) is 0 Å². The van der Waals surface area contributed by atoms with E-state index in [-0.39, 0.29) is 17.4 Å². The van der Waals surface area contributed by atoms with Crippen LogP contribution in [0.5, 0.6) is 5.75 Å². The number of aromatic nitrogens is 2. The molecule has 0 atom stereocenters. The molecule has 0 unspecified atom stereocenters.